The van der Waals surface area contributed by atoms with Gasteiger partial charge in [-0.05, 0) is 25.5 Å². The number of anilines is 1. The third-order valence-electron chi connectivity index (χ3n) is 2.84. The van der Waals surface area contributed by atoms with E-state index in [1.165, 1.54) is 4.90 Å². The highest BCUT2D eigenvalue weighted by molar-refractivity contribution is 5.93. The van der Waals surface area contributed by atoms with Crippen molar-refractivity contribution in [1.82, 2.24) is 4.90 Å². The Morgan fingerprint density at radius 1 is 1.40 bits per heavy atom. The van der Waals surface area contributed by atoms with Gasteiger partial charge >= 0.3 is 0 Å². The summed E-state index contributed by atoms with van der Waals surface area (Å²) in [7, 11) is 0. The number of carbonyl (C=O) groups is 1. The van der Waals surface area contributed by atoms with Gasteiger partial charge in [-0.1, -0.05) is 17.7 Å². The second-order valence-corrected chi connectivity index (χ2v) is 4.72. The first kappa shape index (κ1) is 16.5. The quantitative estimate of drug-likeness (QED) is 0.803. The number of aliphatic hydroxyl groups is 1. The lowest BCUT2D eigenvalue weighted by molar-refractivity contribution is -0.117. The van der Waals surface area contributed by atoms with Crippen LogP contribution in [0.1, 0.15) is 11.1 Å². The Morgan fingerprint density at radius 3 is 2.65 bits per heavy atom. The van der Waals surface area contributed by atoms with Crippen LogP contribution in [0.15, 0.2) is 18.2 Å². The number of halogens is 2. The minimum absolute atomic E-state index is 0.0463. The molecule has 0 heterocycles. The average Bonchev–Trinajstić information content (AvgIpc) is 2.32. The van der Waals surface area contributed by atoms with Gasteiger partial charge in [0.25, 0.3) is 6.43 Å². The zero-order chi connectivity index (χ0) is 15.1. The van der Waals surface area contributed by atoms with Crippen molar-refractivity contribution in [3.63, 3.8) is 0 Å². The largest absolute Gasteiger partial charge is 0.395 e. The predicted octanol–water partition coefficient (Wildman–Crippen LogP) is 1.80. The molecule has 1 rings (SSSR count). The Bertz CT molecular complexity index is 453. The van der Waals surface area contributed by atoms with E-state index in [1.807, 2.05) is 26.0 Å². The molecule has 0 saturated heterocycles. The smallest absolute Gasteiger partial charge is 0.251 e. The molecule has 1 aromatic rings. The summed E-state index contributed by atoms with van der Waals surface area (Å²) >= 11 is 0. The topological polar surface area (TPSA) is 52.6 Å². The van der Waals surface area contributed by atoms with Crippen LogP contribution in [0.25, 0.3) is 0 Å². The molecule has 0 spiro atoms. The van der Waals surface area contributed by atoms with Crippen molar-refractivity contribution in [1.29, 1.82) is 0 Å². The van der Waals surface area contributed by atoms with E-state index in [0.29, 0.717) is 5.69 Å². The van der Waals surface area contributed by atoms with Gasteiger partial charge in [-0.15, -0.1) is 0 Å². The molecular weight excluding hydrogens is 266 g/mol. The van der Waals surface area contributed by atoms with Crippen LogP contribution in [0.2, 0.25) is 0 Å². The summed E-state index contributed by atoms with van der Waals surface area (Å²) in [6.45, 7) is 2.91. The van der Waals surface area contributed by atoms with Crippen LogP contribution in [-0.4, -0.2) is 48.6 Å². The first-order chi connectivity index (χ1) is 9.42. The van der Waals surface area contributed by atoms with Crippen molar-refractivity contribution in [2.75, 3.05) is 31.6 Å². The number of alkyl halides is 2. The first-order valence-electron chi connectivity index (χ1n) is 6.41. The van der Waals surface area contributed by atoms with Gasteiger partial charge in [0.05, 0.1) is 19.7 Å². The highest BCUT2D eigenvalue weighted by Crippen LogP contribution is 2.15. The van der Waals surface area contributed by atoms with E-state index in [-0.39, 0.29) is 25.6 Å². The normalized spacial score (nSPS) is 11.2. The van der Waals surface area contributed by atoms with Gasteiger partial charge in [0, 0.05) is 12.2 Å². The number of rotatable bonds is 7. The van der Waals surface area contributed by atoms with Crippen LogP contribution in [0.4, 0.5) is 14.5 Å². The van der Waals surface area contributed by atoms with E-state index in [4.69, 9.17) is 5.11 Å². The maximum Gasteiger partial charge on any atom is 0.251 e. The van der Waals surface area contributed by atoms with Gasteiger partial charge in [-0.3, -0.25) is 9.69 Å². The van der Waals surface area contributed by atoms with E-state index in [2.05, 4.69) is 5.32 Å². The molecule has 0 aliphatic heterocycles. The maximum absolute atomic E-state index is 12.3. The minimum Gasteiger partial charge on any atom is -0.395 e. The highest BCUT2D eigenvalue weighted by Gasteiger charge is 2.15. The molecule has 2 N–H and O–H groups in total. The Morgan fingerprint density at radius 2 is 2.10 bits per heavy atom. The van der Waals surface area contributed by atoms with Gasteiger partial charge in [-0.2, -0.15) is 0 Å². The molecule has 0 aromatic heterocycles. The van der Waals surface area contributed by atoms with Gasteiger partial charge in [0.2, 0.25) is 5.91 Å². The van der Waals surface area contributed by atoms with E-state index >= 15 is 0 Å². The van der Waals surface area contributed by atoms with Crippen LogP contribution in [0, 0.1) is 13.8 Å². The van der Waals surface area contributed by atoms with Crippen molar-refractivity contribution >= 4 is 11.6 Å². The lowest BCUT2D eigenvalue weighted by Gasteiger charge is -2.20. The first-order valence-corrected chi connectivity index (χ1v) is 6.41. The SMILES string of the molecule is Cc1ccc(NC(=O)CN(CCO)CC(F)F)c(C)c1. The molecular formula is C14H20F2N2O2. The van der Waals surface area contributed by atoms with E-state index < -0.39 is 13.0 Å². The number of nitrogens with one attached hydrogen (secondary N) is 1. The Kier molecular flexibility index (Phi) is 6.54. The summed E-state index contributed by atoms with van der Waals surface area (Å²) in [5, 5.41) is 11.5. The number of aliphatic hydroxyl groups excluding tert-OH is 1. The van der Waals surface area contributed by atoms with Crippen molar-refractivity contribution in [3.8, 4) is 0 Å². The molecule has 0 atom stereocenters. The second kappa shape index (κ2) is 7.91. The minimum atomic E-state index is -2.53. The lowest BCUT2D eigenvalue weighted by atomic mass is 10.1. The number of benzene rings is 1. The molecule has 6 heteroatoms. The van der Waals surface area contributed by atoms with Crippen LogP contribution in [0.5, 0.6) is 0 Å². The molecule has 0 bridgehead atoms. The molecule has 1 aromatic carbocycles. The molecule has 1 amide bonds. The monoisotopic (exact) mass is 286 g/mol. The molecule has 112 valence electrons. The van der Waals surface area contributed by atoms with E-state index in [1.54, 1.807) is 6.07 Å². The molecule has 4 nitrogen and oxygen atoms in total. The van der Waals surface area contributed by atoms with Crippen molar-refractivity contribution in [2.24, 2.45) is 0 Å². The highest BCUT2D eigenvalue weighted by atomic mass is 19.3. The summed E-state index contributed by atoms with van der Waals surface area (Å²) in [6, 6.07) is 5.58. The molecule has 0 aliphatic rings. The molecule has 0 fully saturated rings. The van der Waals surface area contributed by atoms with Gasteiger partial charge < -0.3 is 10.4 Å². The number of hydrogen-bond donors (Lipinski definition) is 2. The fourth-order valence-electron chi connectivity index (χ4n) is 1.92. The Labute approximate surface area is 117 Å². The number of nitrogens with zero attached hydrogens (tertiary/aromatic N) is 1. The summed E-state index contributed by atoms with van der Waals surface area (Å²) in [6.07, 6.45) is -2.53. The summed E-state index contributed by atoms with van der Waals surface area (Å²) < 4.78 is 24.7. The van der Waals surface area contributed by atoms with Crippen LogP contribution in [-0.2, 0) is 4.79 Å². The third kappa shape index (κ3) is 5.63. The number of aryl methyl sites for hydroxylation is 2. The van der Waals surface area contributed by atoms with Gasteiger partial charge in [0.1, 0.15) is 0 Å². The lowest BCUT2D eigenvalue weighted by Crippen LogP contribution is -2.38. The predicted molar refractivity (Wildman–Crippen MR) is 74.1 cm³/mol. The number of carbonyl (C=O) groups excluding carboxylic acids is 1. The molecule has 0 radical (unpaired) electrons. The fourth-order valence-corrected chi connectivity index (χ4v) is 1.92. The van der Waals surface area contributed by atoms with E-state index in [0.717, 1.165) is 11.1 Å². The number of amides is 1. The standard InChI is InChI=1S/C14H20F2N2O2/c1-10-3-4-12(11(2)7-10)17-14(20)9-18(5-6-19)8-13(15)16/h3-4,7,13,19H,5-6,8-9H2,1-2H3,(H,17,20). The zero-order valence-electron chi connectivity index (χ0n) is 11.7. The van der Waals surface area contributed by atoms with Crippen molar-refractivity contribution in [3.05, 3.63) is 29.3 Å². The Balaban J connectivity index is 2.60. The number of hydrogen-bond acceptors (Lipinski definition) is 3. The summed E-state index contributed by atoms with van der Waals surface area (Å²) in [4.78, 5) is 13.1. The van der Waals surface area contributed by atoms with Gasteiger partial charge in [-0.25, -0.2) is 8.78 Å². The summed E-state index contributed by atoms with van der Waals surface area (Å²) in [5.74, 6) is -0.369. The molecule has 20 heavy (non-hydrogen) atoms. The Hall–Kier alpha value is -1.53. The average molecular weight is 286 g/mol. The van der Waals surface area contributed by atoms with E-state index in [9.17, 15) is 13.6 Å². The van der Waals surface area contributed by atoms with Crippen LogP contribution >= 0.6 is 0 Å². The van der Waals surface area contributed by atoms with Crippen LogP contribution < -0.4 is 5.32 Å². The van der Waals surface area contributed by atoms with Crippen molar-refractivity contribution in [2.45, 2.75) is 20.3 Å². The maximum atomic E-state index is 12.3. The molecule has 0 aliphatic carbocycles. The van der Waals surface area contributed by atoms with Gasteiger partial charge in [0.15, 0.2) is 0 Å². The summed E-state index contributed by atoms with van der Waals surface area (Å²) in [5.41, 5.74) is 2.67. The van der Waals surface area contributed by atoms with Crippen molar-refractivity contribution < 1.29 is 18.7 Å². The molecule has 0 unspecified atom stereocenters. The zero-order valence-corrected chi connectivity index (χ0v) is 11.7. The fraction of sp³-hybridized carbons (Fsp3) is 0.500. The van der Waals surface area contributed by atoms with Crippen LogP contribution in [0.3, 0.4) is 0 Å². The second-order valence-electron chi connectivity index (χ2n) is 4.72. The molecule has 0 saturated carbocycles. The third-order valence-corrected chi connectivity index (χ3v) is 2.84.